The van der Waals surface area contributed by atoms with Crippen LogP contribution < -0.4 is 10.5 Å². The standard InChI is InChI=1S/C20H29N3O3/c1-7-16(8-2)22-15(6)11-17(21)18(23(24)25)20(22)26-19-13(4)9-12(3)10-14(19)5/h9-11,16,20H,7-8,21H2,1-6H3. The Morgan fingerprint density at radius 1 is 1.19 bits per heavy atom. The number of rotatable bonds is 6. The quantitative estimate of drug-likeness (QED) is 0.609. The third kappa shape index (κ3) is 3.69. The molecular weight excluding hydrogens is 330 g/mol. The van der Waals surface area contributed by atoms with Gasteiger partial charge in [0.1, 0.15) is 11.4 Å². The summed E-state index contributed by atoms with van der Waals surface area (Å²) in [6, 6.07) is 4.17. The monoisotopic (exact) mass is 359 g/mol. The molecule has 0 amide bonds. The van der Waals surface area contributed by atoms with E-state index >= 15 is 0 Å². The van der Waals surface area contributed by atoms with E-state index in [4.69, 9.17) is 10.5 Å². The number of nitrogens with two attached hydrogens (primary N) is 1. The normalized spacial score (nSPS) is 17.6. The lowest BCUT2D eigenvalue weighted by molar-refractivity contribution is -0.441. The van der Waals surface area contributed by atoms with Crippen molar-refractivity contribution in [1.82, 2.24) is 4.90 Å². The highest BCUT2D eigenvalue weighted by atomic mass is 16.6. The van der Waals surface area contributed by atoms with Gasteiger partial charge in [-0.15, -0.1) is 0 Å². The maximum Gasteiger partial charge on any atom is 0.330 e. The molecule has 1 atom stereocenters. The SMILES string of the molecule is CCC(CC)N1C(C)=CC(N)=C([N+](=O)[O-])C1Oc1c(C)cc(C)cc1C. The molecule has 0 aliphatic carbocycles. The summed E-state index contributed by atoms with van der Waals surface area (Å²) in [5.41, 5.74) is 10.0. The van der Waals surface area contributed by atoms with E-state index in [0.717, 1.165) is 35.2 Å². The molecule has 0 fully saturated rings. The fourth-order valence-electron chi connectivity index (χ4n) is 3.77. The lowest BCUT2D eigenvalue weighted by atomic mass is 10.0. The number of hydrogen-bond acceptors (Lipinski definition) is 5. The van der Waals surface area contributed by atoms with Crippen LogP contribution in [-0.4, -0.2) is 22.1 Å². The van der Waals surface area contributed by atoms with Crippen LogP contribution in [0.25, 0.3) is 0 Å². The van der Waals surface area contributed by atoms with Gasteiger partial charge in [-0.05, 0) is 57.7 Å². The molecule has 1 unspecified atom stereocenters. The van der Waals surface area contributed by atoms with Crippen LogP contribution in [0.15, 0.2) is 35.3 Å². The number of nitrogens with zero attached hydrogens (tertiary/aromatic N) is 2. The Balaban J connectivity index is 2.58. The molecular formula is C20H29N3O3. The lowest BCUT2D eigenvalue weighted by Gasteiger charge is -2.40. The molecule has 1 aromatic carbocycles. The molecule has 1 aromatic rings. The van der Waals surface area contributed by atoms with Crippen molar-refractivity contribution in [3.05, 3.63) is 62.1 Å². The smallest absolute Gasteiger partial charge is 0.330 e. The van der Waals surface area contributed by atoms with Gasteiger partial charge in [0.05, 0.1) is 4.92 Å². The number of hydrogen-bond donors (Lipinski definition) is 1. The molecule has 1 aliphatic heterocycles. The number of aryl methyl sites for hydroxylation is 3. The summed E-state index contributed by atoms with van der Waals surface area (Å²) >= 11 is 0. The predicted octanol–water partition coefficient (Wildman–Crippen LogP) is 4.17. The summed E-state index contributed by atoms with van der Waals surface area (Å²) in [6.07, 6.45) is 2.54. The Bertz CT molecular complexity index is 741. The third-order valence-corrected chi connectivity index (χ3v) is 4.92. The molecule has 6 nitrogen and oxygen atoms in total. The van der Waals surface area contributed by atoms with E-state index < -0.39 is 11.2 Å². The minimum absolute atomic E-state index is 0.0955. The number of allylic oxidation sites excluding steroid dienone is 2. The molecule has 0 aromatic heterocycles. The summed E-state index contributed by atoms with van der Waals surface area (Å²) in [6.45, 7) is 12.0. The number of nitro groups is 1. The Morgan fingerprint density at radius 2 is 1.73 bits per heavy atom. The van der Waals surface area contributed by atoms with Crippen LogP contribution in [0.1, 0.15) is 50.3 Å². The van der Waals surface area contributed by atoms with Crippen LogP contribution in [0.4, 0.5) is 0 Å². The molecule has 1 heterocycles. The van der Waals surface area contributed by atoms with E-state index in [1.54, 1.807) is 6.08 Å². The first kappa shape index (κ1) is 19.8. The molecule has 0 bridgehead atoms. The predicted molar refractivity (Wildman–Crippen MR) is 103 cm³/mol. The van der Waals surface area contributed by atoms with Crippen LogP contribution in [-0.2, 0) is 0 Å². The Morgan fingerprint density at radius 3 is 2.19 bits per heavy atom. The van der Waals surface area contributed by atoms with Crippen molar-refractivity contribution >= 4 is 0 Å². The Hall–Kier alpha value is -2.50. The van der Waals surface area contributed by atoms with E-state index in [1.165, 1.54) is 0 Å². The van der Waals surface area contributed by atoms with Gasteiger partial charge in [-0.3, -0.25) is 10.1 Å². The van der Waals surface area contributed by atoms with Crippen molar-refractivity contribution in [2.75, 3.05) is 0 Å². The molecule has 0 saturated carbocycles. The second-order valence-electron chi connectivity index (χ2n) is 6.96. The first-order valence-electron chi connectivity index (χ1n) is 9.06. The van der Waals surface area contributed by atoms with Crippen molar-refractivity contribution < 1.29 is 9.66 Å². The van der Waals surface area contributed by atoms with E-state index in [-0.39, 0.29) is 17.4 Å². The topological polar surface area (TPSA) is 81.6 Å². The molecule has 26 heavy (non-hydrogen) atoms. The summed E-state index contributed by atoms with van der Waals surface area (Å²) in [5.74, 6) is 0.679. The fraction of sp³-hybridized carbons (Fsp3) is 0.500. The van der Waals surface area contributed by atoms with Gasteiger partial charge in [0, 0.05) is 11.7 Å². The van der Waals surface area contributed by atoms with Crippen LogP contribution in [0.2, 0.25) is 0 Å². The van der Waals surface area contributed by atoms with Crippen LogP contribution >= 0.6 is 0 Å². The molecule has 2 rings (SSSR count). The maximum atomic E-state index is 11.8. The Labute approximate surface area is 155 Å². The van der Waals surface area contributed by atoms with Gasteiger partial charge in [0.2, 0.25) is 0 Å². The zero-order valence-corrected chi connectivity index (χ0v) is 16.5. The first-order chi connectivity index (χ1) is 12.2. The van der Waals surface area contributed by atoms with Crippen LogP contribution in [0, 0.1) is 30.9 Å². The van der Waals surface area contributed by atoms with Gasteiger partial charge >= 0.3 is 5.70 Å². The molecule has 2 N–H and O–H groups in total. The highest BCUT2D eigenvalue weighted by Crippen LogP contribution is 2.34. The molecule has 0 spiro atoms. The van der Waals surface area contributed by atoms with Crippen molar-refractivity contribution in [3.8, 4) is 5.75 Å². The molecule has 0 radical (unpaired) electrons. The van der Waals surface area contributed by atoms with Crippen molar-refractivity contribution in [2.24, 2.45) is 5.73 Å². The largest absolute Gasteiger partial charge is 0.459 e. The maximum absolute atomic E-state index is 11.8. The van der Waals surface area contributed by atoms with Crippen LogP contribution in [0.5, 0.6) is 5.75 Å². The van der Waals surface area contributed by atoms with Gasteiger partial charge in [-0.1, -0.05) is 31.5 Å². The summed E-state index contributed by atoms with van der Waals surface area (Å²) in [7, 11) is 0. The second kappa shape index (κ2) is 7.81. The van der Waals surface area contributed by atoms with Crippen molar-refractivity contribution in [1.29, 1.82) is 0 Å². The summed E-state index contributed by atoms with van der Waals surface area (Å²) < 4.78 is 6.29. The zero-order valence-electron chi connectivity index (χ0n) is 16.5. The van der Waals surface area contributed by atoms with Crippen LogP contribution in [0.3, 0.4) is 0 Å². The molecule has 0 saturated heterocycles. The fourth-order valence-corrected chi connectivity index (χ4v) is 3.77. The second-order valence-corrected chi connectivity index (χ2v) is 6.96. The van der Waals surface area contributed by atoms with Crippen molar-refractivity contribution in [3.63, 3.8) is 0 Å². The number of benzene rings is 1. The van der Waals surface area contributed by atoms with Gasteiger partial charge in [-0.2, -0.15) is 0 Å². The van der Waals surface area contributed by atoms with E-state index in [0.29, 0.717) is 5.75 Å². The molecule has 1 aliphatic rings. The highest BCUT2D eigenvalue weighted by Gasteiger charge is 2.41. The van der Waals surface area contributed by atoms with Gasteiger partial charge in [0.15, 0.2) is 0 Å². The van der Waals surface area contributed by atoms with Gasteiger partial charge in [0.25, 0.3) is 6.23 Å². The Kier molecular flexibility index (Phi) is 5.95. The van der Waals surface area contributed by atoms with E-state index in [2.05, 4.69) is 13.8 Å². The average Bonchev–Trinajstić information content (AvgIpc) is 2.53. The molecule has 142 valence electrons. The summed E-state index contributed by atoms with van der Waals surface area (Å²) in [5, 5.41) is 11.8. The van der Waals surface area contributed by atoms with Gasteiger partial charge < -0.3 is 15.4 Å². The first-order valence-corrected chi connectivity index (χ1v) is 9.06. The van der Waals surface area contributed by atoms with E-state index in [9.17, 15) is 10.1 Å². The van der Waals surface area contributed by atoms with Gasteiger partial charge in [-0.25, -0.2) is 0 Å². The lowest BCUT2D eigenvalue weighted by Crippen LogP contribution is -2.50. The minimum Gasteiger partial charge on any atom is -0.459 e. The number of ether oxygens (including phenoxy) is 1. The zero-order chi connectivity index (χ0) is 19.6. The average molecular weight is 359 g/mol. The minimum atomic E-state index is -0.847. The summed E-state index contributed by atoms with van der Waals surface area (Å²) in [4.78, 5) is 13.3. The van der Waals surface area contributed by atoms with Crippen molar-refractivity contribution in [2.45, 2.75) is 66.7 Å². The third-order valence-electron chi connectivity index (χ3n) is 4.92. The molecule has 6 heteroatoms. The highest BCUT2D eigenvalue weighted by molar-refractivity contribution is 5.44. The van der Waals surface area contributed by atoms with E-state index in [1.807, 2.05) is 44.7 Å².